The first-order valence-electron chi connectivity index (χ1n) is 3.61. The van der Waals surface area contributed by atoms with Gasteiger partial charge in [0.15, 0.2) is 12.2 Å². The molecule has 0 saturated carbocycles. The molecule has 0 N–H and O–H groups in total. The molecule has 0 bridgehead atoms. The van der Waals surface area contributed by atoms with E-state index in [1.165, 1.54) is 18.5 Å². The third-order valence-electron chi connectivity index (χ3n) is 1.64. The molecule has 0 fully saturated rings. The Bertz CT molecular complexity index is 414. The Morgan fingerprint density at radius 2 is 2.23 bits per heavy atom. The summed E-state index contributed by atoms with van der Waals surface area (Å²) in [5, 5.41) is 0.0777. The molecule has 0 radical (unpaired) electrons. The maximum atomic E-state index is 12.8. The molecule has 2 nitrogen and oxygen atoms in total. The van der Waals surface area contributed by atoms with Gasteiger partial charge in [0.1, 0.15) is 5.82 Å². The maximum Gasteiger partial charge on any atom is 0.181 e. The average Bonchev–Trinajstić information content (AvgIpc) is 2.62. The Balaban J connectivity index is 2.49. The molecule has 4 heteroatoms. The topological polar surface area (TPSA) is 26.0 Å². The lowest BCUT2D eigenvalue weighted by molar-refractivity contribution is 0.571. The van der Waals surface area contributed by atoms with E-state index >= 15 is 0 Å². The Kier molecular flexibility index (Phi) is 2.02. The molecule has 0 unspecified atom stereocenters. The second kappa shape index (κ2) is 3.18. The van der Waals surface area contributed by atoms with Gasteiger partial charge in [-0.05, 0) is 18.2 Å². The van der Waals surface area contributed by atoms with E-state index in [0.29, 0.717) is 11.3 Å². The van der Waals surface area contributed by atoms with Crippen molar-refractivity contribution in [3.63, 3.8) is 0 Å². The lowest BCUT2D eigenvalue weighted by Crippen LogP contribution is -1.78. The summed E-state index contributed by atoms with van der Waals surface area (Å²) in [6, 6.07) is 4.37. The molecule has 1 aromatic heterocycles. The fraction of sp³-hybridized carbons (Fsp3) is 0. The molecule has 66 valence electrons. The van der Waals surface area contributed by atoms with E-state index in [1.807, 2.05) is 0 Å². The molecule has 0 spiro atoms. The number of halogens is 2. The van der Waals surface area contributed by atoms with Crippen LogP contribution in [-0.2, 0) is 0 Å². The van der Waals surface area contributed by atoms with Crippen LogP contribution < -0.4 is 0 Å². The molecular weight excluding hydrogens is 193 g/mol. The van der Waals surface area contributed by atoms with E-state index in [9.17, 15) is 4.39 Å². The quantitative estimate of drug-likeness (QED) is 0.702. The second-order valence-electron chi connectivity index (χ2n) is 2.49. The van der Waals surface area contributed by atoms with Gasteiger partial charge in [0.2, 0.25) is 0 Å². The number of nitrogens with zero attached hydrogens (tertiary/aromatic N) is 1. The lowest BCUT2D eigenvalue weighted by Gasteiger charge is -1.97. The van der Waals surface area contributed by atoms with Gasteiger partial charge in [-0.25, -0.2) is 9.37 Å². The smallest absolute Gasteiger partial charge is 0.181 e. The Hall–Kier alpha value is -1.35. The van der Waals surface area contributed by atoms with Crippen molar-refractivity contribution in [1.29, 1.82) is 0 Å². The molecule has 1 aromatic carbocycles. The standard InChI is InChI=1S/C9H5ClFNO/c10-7-3-6(1-2-8(7)11)9-4-12-5-13-9/h1-5H. The normalized spacial score (nSPS) is 10.3. The minimum atomic E-state index is -0.440. The van der Waals surface area contributed by atoms with Crippen molar-refractivity contribution in [3.8, 4) is 11.3 Å². The Morgan fingerprint density at radius 1 is 1.38 bits per heavy atom. The van der Waals surface area contributed by atoms with Gasteiger partial charge in [0.25, 0.3) is 0 Å². The SMILES string of the molecule is Fc1ccc(-c2cnco2)cc1Cl. The molecular formula is C9H5ClFNO. The average molecular weight is 198 g/mol. The van der Waals surface area contributed by atoms with Crippen LogP contribution in [0.4, 0.5) is 4.39 Å². The van der Waals surface area contributed by atoms with Crippen molar-refractivity contribution in [2.45, 2.75) is 0 Å². The zero-order chi connectivity index (χ0) is 9.26. The molecule has 0 amide bonds. The summed E-state index contributed by atoms with van der Waals surface area (Å²) < 4.78 is 17.8. The van der Waals surface area contributed by atoms with Crippen molar-refractivity contribution in [3.05, 3.63) is 41.6 Å². The van der Waals surface area contributed by atoms with Crippen LogP contribution in [0.1, 0.15) is 0 Å². The van der Waals surface area contributed by atoms with E-state index < -0.39 is 5.82 Å². The first-order valence-corrected chi connectivity index (χ1v) is 3.99. The van der Waals surface area contributed by atoms with E-state index in [1.54, 1.807) is 12.3 Å². The highest BCUT2D eigenvalue weighted by Gasteiger charge is 2.04. The Morgan fingerprint density at radius 3 is 2.85 bits per heavy atom. The molecule has 13 heavy (non-hydrogen) atoms. The largest absolute Gasteiger partial charge is 0.444 e. The summed E-state index contributed by atoms with van der Waals surface area (Å²) in [7, 11) is 0. The fourth-order valence-corrected chi connectivity index (χ4v) is 1.19. The van der Waals surface area contributed by atoms with Crippen molar-refractivity contribution in [2.24, 2.45) is 0 Å². The van der Waals surface area contributed by atoms with Crippen molar-refractivity contribution < 1.29 is 8.81 Å². The lowest BCUT2D eigenvalue weighted by atomic mass is 10.2. The fourth-order valence-electron chi connectivity index (χ4n) is 1.01. The van der Waals surface area contributed by atoms with Gasteiger partial charge >= 0.3 is 0 Å². The number of oxazole rings is 1. The van der Waals surface area contributed by atoms with E-state index in [-0.39, 0.29) is 5.02 Å². The number of rotatable bonds is 1. The van der Waals surface area contributed by atoms with Gasteiger partial charge in [-0.3, -0.25) is 0 Å². The maximum absolute atomic E-state index is 12.8. The summed E-state index contributed by atoms with van der Waals surface area (Å²) in [5.74, 6) is 0.131. The predicted molar refractivity (Wildman–Crippen MR) is 46.9 cm³/mol. The van der Waals surface area contributed by atoms with Gasteiger partial charge in [0, 0.05) is 5.56 Å². The minimum absolute atomic E-state index is 0.0777. The minimum Gasteiger partial charge on any atom is -0.444 e. The first-order chi connectivity index (χ1) is 6.27. The predicted octanol–water partition coefficient (Wildman–Crippen LogP) is 3.13. The van der Waals surface area contributed by atoms with Crippen molar-refractivity contribution >= 4 is 11.6 Å². The van der Waals surface area contributed by atoms with E-state index in [0.717, 1.165) is 0 Å². The second-order valence-corrected chi connectivity index (χ2v) is 2.90. The summed E-state index contributed by atoms with van der Waals surface area (Å²) in [4.78, 5) is 3.75. The number of hydrogen-bond acceptors (Lipinski definition) is 2. The van der Waals surface area contributed by atoms with Gasteiger partial charge < -0.3 is 4.42 Å². The molecule has 2 aromatic rings. The van der Waals surface area contributed by atoms with Crippen LogP contribution in [0.25, 0.3) is 11.3 Å². The van der Waals surface area contributed by atoms with Crippen LogP contribution in [0.5, 0.6) is 0 Å². The van der Waals surface area contributed by atoms with Crippen LogP contribution >= 0.6 is 11.6 Å². The zero-order valence-electron chi connectivity index (χ0n) is 6.50. The molecule has 0 aliphatic heterocycles. The third-order valence-corrected chi connectivity index (χ3v) is 1.93. The van der Waals surface area contributed by atoms with E-state index in [4.69, 9.17) is 16.0 Å². The van der Waals surface area contributed by atoms with Crippen LogP contribution in [0.15, 0.2) is 35.2 Å². The summed E-state index contributed by atoms with van der Waals surface area (Å²) >= 11 is 5.59. The van der Waals surface area contributed by atoms with Crippen LogP contribution in [0.2, 0.25) is 5.02 Å². The summed E-state index contributed by atoms with van der Waals surface area (Å²) in [6.07, 6.45) is 2.86. The van der Waals surface area contributed by atoms with Crippen molar-refractivity contribution in [1.82, 2.24) is 4.98 Å². The number of aromatic nitrogens is 1. The molecule has 0 saturated heterocycles. The van der Waals surface area contributed by atoms with Crippen LogP contribution in [0, 0.1) is 5.82 Å². The highest BCUT2D eigenvalue weighted by molar-refractivity contribution is 6.31. The van der Waals surface area contributed by atoms with Gasteiger partial charge in [0.05, 0.1) is 11.2 Å². The molecule has 0 atom stereocenters. The monoisotopic (exact) mass is 197 g/mol. The third kappa shape index (κ3) is 1.55. The molecule has 2 rings (SSSR count). The molecule has 0 aliphatic carbocycles. The number of benzene rings is 1. The molecule has 0 aliphatic rings. The summed E-state index contributed by atoms with van der Waals surface area (Å²) in [5.41, 5.74) is 0.712. The highest BCUT2D eigenvalue weighted by Crippen LogP contribution is 2.24. The highest BCUT2D eigenvalue weighted by atomic mass is 35.5. The number of hydrogen-bond donors (Lipinski definition) is 0. The van der Waals surface area contributed by atoms with Gasteiger partial charge in [-0.1, -0.05) is 11.6 Å². The van der Waals surface area contributed by atoms with Crippen molar-refractivity contribution in [2.75, 3.05) is 0 Å². The first kappa shape index (κ1) is 8.26. The van der Waals surface area contributed by atoms with Crippen LogP contribution in [0.3, 0.4) is 0 Å². The zero-order valence-corrected chi connectivity index (χ0v) is 7.25. The van der Waals surface area contributed by atoms with Gasteiger partial charge in [-0.2, -0.15) is 0 Å². The van der Waals surface area contributed by atoms with Crippen LogP contribution in [-0.4, -0.2) is 4.98 Å². The van der Waals surface area contributed by atoms with E-state index in [2.05, 4.69) is 4.98 Å². The Labute approximate surface area is 79.0 Å². The molecule has 1 heterocycles. The van der Waals surface area contributed by atoms with Gasteiger partial charge in [-0.15, -0.1) is 0 Å². The summed E-state index contributed by atoms with van der Waals surface area (Å²) in [6.45, 7) is 0.